The molecule has 3 rings (SSSR count). The topological polar surface area (TPSA) is 61.9 Å². The fraction of sp³-hybridized carbons (Fsp3) is 0.440. The molecule has 1 unspecified atom stereocenters. The van der Waals surface area contributed by atoms with E-state index >= 15 is 0 Å². The number of amides is 2. The van der Waals surface area contributed by atoms with Crippen molar-refractivity contribution in [3.63, 3.8) is 0 Å². The Balaban J connectivity index is 1.70. The summed E-state index contributed by atoms with van der Waals surface area (Å²) in [6.07, 6.45) is 1.42. The molecule has 1 fully saturated rings. The Bertz CT molecular complexity index is 946. The van der Waals surface area contributed by atoms with Gasteiger partial charge in [-0.2, -0.15) is 0 Å². The number of carbonyl (C=O) groups is 2. The Labute approximate surface area is 195 Å². The molecular weight excluding hydrogens is 426 g/mol. The maximum atomic E-state index is 13.2. The van der Waals surface area contributed by atoms with Crippen LogP contribution in [0.25, 0.3) is 0 Å². The Morgan fingerprint density at radius 3 is 2.56 bits per heavy atom. The number of halogens is 1. The number of nitrogens with zero attached hydrogens (tertiary/aromatic N) is 2. The van der Waals surface area contributed by atoms with Crippen LogP contribution in [0.15, 0.2) is 42.5 Å². The fourth-order valence-corrected chi connectivity index (χ4v) is 4.33. The van der Waals surface area contributed by atoms with Crippen LogP contribution in [0.5, 0.6) is 5.75 Å². The molecule has 2 aromatic carbocycles. The van der Waals surface area contributed by atoms with Crippen molar-refractivity contribution in [1.82, 2.24) is 15.1 Å². The lowest BCUT2D eigenvalue weighted by Gasteiger charge is -2.25. The van der Waals surface area contributed by atoms with Crippen LogP contribution in [0.4, 0.5) is 0 Å². The first-order valence-electron chi connectivity index (χ1n) is 11.2. The molecule has 0 aliphatic carbocycles. The molecule has 1 heterocycles. The van der Waals surface area contributed by atoms with Gasteiger partial charge in [-0.1, -0.05) is 49.7 Å². The number of benzene rings is 2. The van der Waals surface area contributed by atoms with Crippen molar-refractivity contribution in [2.24, 2.45) is 0 Å². The highest BCUT2D eigenvalue weighted by Gasteiger charge is 2.35. The highest BCUT2D eigenvalue weighted by molar-refractivity contribution is 6.31. The van der Waals surface area contributed by atoms with Crippen molar-refractivity contribution < 1.29 is 14.3 Å². The van der Waals surface area contributed by atoms with Gasteiger partial charge >= 0.3 is 0 Å². The molecule has 1 aliphatic rings. The summed E-state index contributed by atoms with van der Waals surface area (Å²) >= 11 is 6.10. The van der Waals surface area contributed by atoms with Gasteiger partial charge in [-0.05, 0) is 55.3 Å². The summed E-state index contributed by atoms with van der Waals surface area (Å²) in [6.45, 7) is 8.07. The predicted molar refractivity (Wildman–Crippen MR) is 127 cm³/mol. The number of rotatable bonds is 9. The molecule has 2 amide bonds. The van der Waals surface area contributed by atoms with Crippen LogP contribution in [0.3, 0.4) is 0 Å². The van der Waals surface area contributed by atoms with E-state index in [9.17, 15) is 9.59 Å². The summed E-state index contributed by atoms with van der Waals surface area (Å²) in [4.78, 5) is 30.2. The van der Waals surface area contributed by atoms with Gasteiger partial charge in [0.2, 0.25) is 5.91 Å². The Morgan fingerprint density at radius 1 is 1.16 bits per heavy atom. The minimum Gasteiger partial charge on any atom is -0.496 e. The van der Waals surface area contributed by atoms with E-state index in [1.54, 1.807) is 23.1 Å². The lowest BCUT2D eigenvalue weighted by Crippen LogP contribution is -2.45. The van der Waals surface area contributed by atoms with E-state index in [-0.39, 0.29) is 11.8 Å². The molecule has 0 spiro atoms. The molecule has 0 radical (unpaired) electrons. The minimum absolute atomic E-state index is 0.130. The van der Waals surface area contributed by atoms with Crippen LogP contribution in [0.1, 0.15) is 48.2 Å². The number of methoxy groups -OCH3 is 1. The van der Waals surface area contributed by atoms with Crippen molar-refractivity contribution in [2.75, 3.05) is 26.7 Å². The molecule has 6 nitrogen and oxygen atoms in total. The molecule has 0 saturated carbocycles. The van der Waals surface area contributed by atoms with Crippen molar-refractivity contribution in [1.29, 1.82) is 0 Å². The van der Waals surface area contributed by atoms with E-state index in [0.717, 1.165) is 31.6 Å². The standard InChI is InChI=1S/C25H32ClN3O3/c1-4-28(5-2)17-19-10-7-6-9-18(19)16-27-24(30)22-11-8-14-29(22)25(31)21-15-20(26)12-13-23(21)32-3/h6-7,9-10,12-13,15,22H,4-5,8,11,14,16-17H2,1-3H3,(H,27,30). The van der Waals surface area contributed by atoms with Crippen LogP contribution in [-0.4, -0.2) is 54.4 Å². The zero-order valence-corrected chi connectivity index (χ0v) is 19.8. The molecule has 1 aliphatic heterocycles. The first-order valence-corrected chi connectivity index (χ1v) is 11.6. The van der Waals surface area contributed by atoms with Gasteiger partial charge in [0, 0.05) is 24.7 Å². The van der Waals surface area contributed by atoms with E-state index in [1.807, 2.05) is 18.2 Å². The Morgan fingerprint density at radius 2 is 1.88 bits per heavy atom. The van der Waals surface area contributed by atoms with Crippen molar-refractivity contribution >= 4 is 23.4 Å². The second-order valence-electron chi connectivity index (χ2n) is 7.95. The Kier molecular flexibility index (Phi) is 8.53. The normalized spacial score (nSPS) is 15.8. The third-order valence-corrected chi connectivity index (χ3v) is 6.30. The number of likely N-dealkylation sites (tertiary alicyclic amines) is 1. The lowest BCUT2D eigenvalue weighted by atomic mass is 10.1. The van der Waals surface area contributed by atoms with Gasteiger partial charge in [0.15, 0.2) is 0 Å². The quantitative estimate of drug-likeness (QED) is 0.615. The number of hydrogen-bond donors (Lipinski definition) is 1. The molecule has 1 saturated heterocycles. The zero-order valence-electron chi connectivity index (χ0n) is 19.1. The third-order valence-electron chi connectivity index (χ3n) is 6.07. The summed E-state index contributed by atoms with van der Waals surface area (Å²) in [5.74, 6) is 0.0919. The van der Waals surface area contributed by atoms with Crippen LogP contribution in [0, 0.1) is 0 Å². The SMILES string of the molecule is CCN(CC)Cc1ccccc1CNC(=O)C1CCCN1C(=O)c1cc(Cl)ccc1OC. The predicted octanol–water partition coefficient (Wildman–Crippen LogP) is 4.11. The third kappa shape index (κ3) is 5.61. The maximum absolute atomic E-state index is 13.2. The average molecular weight is 458 g/mol. The van der Waals surface area contributed by atoms with Gasteiger partial charge in [0.25, 0.3) is 5.91 Å². The number of carbonyl (C=O) groups excluding carboxylic acids is 2. The van der Waals surface area contributed by atoms with E-state index < -0.39 is 6.04 Å². The molecule has 7 heteroatoms. The highest BCUT2D eigenvalue weighted by atomic mass is 35.5. The Hall–Kier alpha value is -2.57. The lowest BCUT2D eigenvalue weighted by molar-refractivity contribution is -0.125. The van der Waals surface area contributed by atoms with Crippen LogP contribution in [-0.2, 0) is 17.9 Å². The molecule has 32 heavy (non-hydrogen) atoms. The summed E-state index contributed by atoms with van der Waals surface area (Å²) < 4.78 is 5.33. The monoisotopic (exact) mass is 457 g/mol. The number of hydrogen-bond acceptors (Lipinski definition) is 4. The van der Waals surface area contributed by atoms with E-state index in [1.165, 1.54) is 12.7 Å². The smallest absolute Gasteiger partial charge is 0.258 e. The molecular formula is C25H32ClN3O3. The van der Waals surface area contributed by atoms with Gasteiger partial charge in [-0.25, -0.2) is 0 Å². The second kappa shape index (κ2) is 11.3. The molecule has 172 valence electrons. The maximum Gasteiger partial charge on any atom is 0.258 e. The van der Waals surface area contributed by atoms with Crippen LogP contribution in [0.2, 0.25) is 5.02 Å². The van der Waals surface area contributed by atoms with Crippen LogP contribution < -0.4 is 10.1 Å². The minimum atomic E-state index is -0.499. The van der Waals surface area contributed by atoms with Gasteiger partial charge in [-0.3, -0.25) is 14.5 Å². The van der Waals surface area contributed by atoms with E-state index in [4.69, 9.17) is 16.3 Å². The van der Waals surface area contributed by atoms with Crippen molar-refractivity contribution in [2.45, 2.75) is 45.8 Å². The first-order chi connectivity index (χ1) is 15.5. The van der Waals surface area contributed by atoms with Crippen molar-refractivity contribution in [3.05, 3.63) is 64.2 Å². The van der Waals surface area contributed by atoms with Gasteiger partial charge in [0.05, 0.1) is 12.7 Å². The van der Waals surface area contributed by atoms with E-state index in [0.29, 0.717) is 35.8 Å². The summed E-state index contributed by atoms with van der Waals surface area (Å²) in [7, 11) is 1.52. The van der Waals surface area contributed by atoms with Crippen molar-refractivity contribution in [3.8, 4) is 5.75 Å². The first kappa shape index (κ1) is 24.1. The summed E-state index contributed by atoms with van der Waals surface area (Å²) in [5.41, 5.74) is 2.68. The van der Waals surface area contributed by atoms with Gasteiger partial charge in [-0.15, -0.1) is 0 Å². The zero-order chi connectivity index (χ0) is 23.1. The fourth-order valence-electron chi connectivity index (χ4n) is 4.16. The number of ether oxygens (including phenoxy) is 1. The summed E-state index contributed by atoms with van der Waals surface area (Å²) in [6, 6.07) is 12.6. The molecule has 0 bridgehead atoms. The average Bonchev–Trinajstić information content (AvgIpc) is 3.31. The van der Waals surface area contributed by atoms with Crippen LogP contribution >= 0.6 is 11.6 Å². The largest absolute Gasteiger partial charge is 0.496 e. The molecule has 0 aromatic heterocycles. The molecule has 2 aromatic rings. The summed E-state index contributed by atoms with van der Waals surface area (Å²) in [5, 5.41) is 3.52. The molecule has 1 atom stereocenters. The highest BCUT2D eigenvalue weighted by Crippen LogP contribution is 2.28. The van der Waals surface area contributed by atoms with Gasteiger partial charge < -0.3 is 15.0 Å². The van der Waals surface area contributed by atoms with Gasteiger partial charge in [0.1, 0.15) is 11.8 Å². The van der Waals surface area contributed by atoms with E-state index in [2.05, 4.69) is 30.1 Å². The number of nitrogens with one attached hydrogen (secondary N) is 1. The second-order valence-corrected chi connectivity index (χ2v) is 8.39. The molecule has 1 N–H and O–H groups in total.